The summed E-state index contributed by atoms with van der Waals surface area (Å²) in [5, 5.41) is 13.7. The number of nitro benzene ring substituents is 1. The first-order valence-corrected chi connectivity index (χ1v) is 12.3. The molecular formula is C22H18N4O5S2. The Labute approximate surface area is 194 Å². The monoisotopic (exact) mass is 482 g/mol. The summed E-state index contributed by atoms with van der Waals surface area (Å²) in [6, 6.07) is 14.0. The quantitative estimate of drug-likeness (QED) is 0.313. The van der Waals surface area contributed by atoms with Crippen molar-refractivity contribution in [2.24, 2.45) is 0 Å². The molecule has 1 aliphatic rings. The van der Waals surface area contributed by atoms with Gasteiger partial charge in [-0.3, -0.25) is 19.2 Å². The Hall–Kier alpha value is -3.75. The highest BCUT2D eigenvalue weighted by molar-refractivity contribution is 7.94. The van der Waals surface area contributed by atoms with Crippen molar-refractivity contribution in [2.45, 2.75) is 23.5 Å². The molecule has 1 N–H and O–H groups in total. The topological polar surface area (TPSA) is 114 Å². The minimum atomic E-state index is -3.98. The molecule has 11 heteroatoms. The van der Waals surface area contributed by atoms with E-state index in [2.05, 4.69) is 10.2 Å². The molecule has 2 aromatic carbocycles. The number of para-hydroxylation sites is 2. The van der Waals surface area contributed by atoms with E-state index in [-0.39, 0.29) is 26.1 Å². The number of fused-ring (bicyclic) bond motifs is 1. The van der Waals surface area contributed by atoms with Crippen molar-refractivity contribution in [2.75, 3.05) is 16.2 Å². The van der Waals surface area contributed by atoms with E-state index >= 15 is 0 Å². The van der Waals surface area contributed by atoms with Crippen LogP contribution in [0.3, 0.4) is 0 Å². The van der Waals surface area contributed by atoms with Crippen molar-refractivity contribution < 1.29 is 18.1 Å². The highest BCUT2D eigenvalue weighted by Gasteiger charge is 2.31. The maximum atomic E-state index is 13.5. The average molecular weight is 483 g/mol. The number of sulfonamides is 1. The lowest BCUT2D eigenvalue weighted by atomic mass is 10.1. The lowest BCUT2D eigenvalue weighted by Crippen LogP contribution is -2.31. The maximum Gasteiger partial charge on any atom is 0.282 e. The number of carbonyl (C=O) groups is 1. The molecule has 2 heterocycles. The van der Waals surface area contributed by atoms with E-state index in [4.69, 9.17) is 6.57 Å². The smallest absolute Gasteiger partial charge is 0.282 e. The first-order valence-electron chi connectivity index (χ1n) is 9.99. The Balaban J connectivity index is 1.70. The predicted octanol–water partition coefficient (Wildman–Crippen LogP) is 4.99. The summed E-state index contributed by atoms with van der Waals surface area (Å²) in [4.78, 5) is 26.6. The van der Waals surface area contributed by atoms with E-state index < -0.39 is 20.9 Å². The summed E-state index contributed by atoms with van der Waals surface area (Å²) in [6.07, 6.45) is 2.32. The molecule has 3 aromatic rings. The molecule has 1 aliphatic heterocycles. The normalized spacial score (nSPS) is 13.5. The number of aryl methyl sites for hydroxylation is 1. The van der Waals surface area contributed by atoms with Gasteiger partial charge in [0.1, 0.15) is 14.8 Å². The van der Waals surface area contributed by atoms with E-state index in [0.717, 1.165) is 29.7 Å². The number of thiophene rings is 1. The van der Waals surface area contributed by atoms with Gasteiger partial charge in [0.2, 0.25) is 5.69 Å². The van der Waals surface area contributed by atoms with Crippen LogP contribution in [0, 0.1) is 16.7 Å². The lowest BCUT2D eigenvalue weighted by molar-refractivity contribution is -0.385. The Kier molecular flexibility index (Phi) is 6.13. The van der Waals surface area contributed by atoms with Crippen LogP contribution in [0.2, 0.25) is 0 Å². The number of nitro groups is 1. The van der Waals surface area contributed by atoms with Crippen LogP contribution < -0.4 is 9.62 Å². The highest BCUT2D eigenvalue weighted by Crippen LogP contribution is 2.41. The summed E-state index contributed by atoms with van der Waals surface area (Å²) >= 11 is 0.758. The van der Waals surface area contributed by atoms with Crippen LogP contribution in [0.15, 0.2) is 58.8 Å². The zero-order valence-electron chi connectivity index (χ0n) is 17.2. The second kappa shape index (κ2) is 9.01. The molecule has 0 fully saturated rings. The zero-order chi connectivity index (χ0) is 23.6. The zero-order valence-corrected chi connectivity index (χ0v) is 18.9. The molecule has 0 spiro atoms. The van der Waals surface area contributed by atoms with Crippen molar-refractivity contribution in [1.82, 2.24) is 0 Å². The SMILES string of the molecule is [C-]#[N+]c1cc(S(=O)(=O)N2CCCCc3ccccc32)sc1NC(=O)c1ccccc1[N+](=O)[O-]. The fraction of sp³-hybridized carbons (Fsp3) is 0.182. The third-order valence-corrected chi connectivity index (χ3v) is 8.55. The van der Waals surface area contributed by atoms with Gasteiger partial charge in [0, 0.05) is 12.6 Å². The Morgan fingerprint density at radius 3 is 2.64 bits per heavy atom. The van der Waals surface area contributed by atoms with Crippen LogP contribution >= 0.6 is 11.3 Å². The van der Waals surface area contributed by atoms with Crippen LogP contribution in [0.4, 0.5) is 22.1 Å². The first kappa shape index (κ1) is 22.4. The van der Waals surface area contributed by atoms with Crippen molar-refractivity contribution in [1.29, 1.82) is 0 Å². The van der Waals surface area contributed by atoms with Crippen LogP contribution in [-0.4, -0.2) is 25.8 Å². The molecule has 0 saturated carbocycles. The van der Waals surface area contributed by atoms with Crippen molar-refractivity contribution >= 4 is 49.3 Å². The summed E-state index contributed by atoms with van der Waals surface area (Å²) in [6.45, 7) is 7.73. The summed E-state index contributed by atoms with van der Waals surface area (Å²) < 4.78 is 28.3. The van der Waals surface area contributed by atoms with Crippen LogP contribution in [0.1, 0.15) is 28.8 Å². The minimum Gasteiger partial charge on any atom is -0.322 e. The fourth-order valence-electron chi connectivity index (χ4n) is 3.67. The van der Waals surface area contributed by atoms with Gasteiger partial charge in [-0.2, -0.15) is 0 Å². The molecule has 0 bridgehead atoms. The fourth-order valence-corrected chi connectivity index (χ4v) is 6.62. The maximum absolute atomic E-state index is 13.5. The van der Waals surface area contributed by atoms with Gasteiger partial charge < -0.3 is 5.32 Å². The molecule has 0 aliphatic carbocycles. The molecule has 1 amide bonds. The molecule has 0 radical (unpaired) electrons. The summed E-state index contributed by atoms with van der Waals surface area (Å²) in [7, 11) is -3.98. The summed E-state index contributed by atoms with van der Waals surface area (Å²) in [5.41, 5.74) is 0.931. The average Bonchev–Trinajstić information content (AvgIpc) is 3.09. The van der Waals surface area contributed by atoms with Crippen LogP contribution in [0.5, 0.6) is 0 Å². The molecule has 168 valence electrons. The Morgan fingerprint density at radius 1 is 1.15 bits per heavy atom. The van der Waals surface area contributed by atoms with Crippen LogP contribution in [-0.2, 0) is 16.4 Å². The third-order valence-electron chi connectivity index (χ3n) is 5.24. The predicted molar refractivity (Wildman–Crippen MR) is 126 cm³/mol. The number of hydrogen-bond acceptors (Lipinski definition) is 6. The van der Waals surface area contributed by atoms with Gasteiger partial charge in [-0.25, -0.2) is 13.3 Å². The van der Waals surface area contributed by atoms with Crippen molar-refractivity contribution in [3.63, 3.8) is 0 Å². The Morgan fingerprint density at radius 2 is 1.88 bits per heavy atom. The largest absolute Gasteiger partial charge is 0.322 e. The van der Waals surface area contributed by atoms with E-state index in [1.807, 2.05) is 12.1 Å². The molecular weight excluding hydrogens is 464 g/mol. The lowest BCUT2D eigenvalue weighted by Gasteiger charge is -2.23. The van der Waals surface area contributed by atoms with Gasteiger partial charge in [0.15, 0.2) is 0 Å². The van der Waals surface area contributed by atoms with Gasteiger partial charge in [0.05, 0.1) is 17.2 Å². The van der Waals surface area contributed by atoms with Gasteiger partial charge in [-0.05, 0) is 43.0 Å². The first-order chi connectivity index (χ1) is 15.8. The standard InChI is InChI=1S/C22H18N4O5S2/c1-23-17-14-20(32-22(17)24-21(27)16-10-3-5-12-19(16)26(28)29)33(30,31)25-13-7-6-9-15-8-2-4-11-18(15)25/h2-5,8,10-12,14H,6-7,9,13H2,(H,24,27). The molecule has 0 unspecified atom stereocenters. The van der Waals surface area contributed by atoms with E-state index in [9.17, 15) is 23.3 Å². The molecule has 0 saturated heterocycles. The molecule has 33 heavy (non-hydrogen) atoms. The number of rotatable bonds is 5. The van der Waals surface area contributed by atoms with Crippen LogP contribution in [0.25, 0.3) is 4.85 Å². The molecule has 1 aromatic heterocycles. The van der Waals surface area contributed by atoms with Crippen molar-refractivity contribution in [3.8, 4) is 0 Å². The molecule has 4 rings (SSSR count). The Bertz CT molecular complexity index is 1390. The van der Waals surface area contributed by atoms with E-state index in [1.54, 1.807) is 12.1 Å². The highest BCUT2D eigenvalue weighted by atomic mass is 32.2. The van der Waals surface area contributed by atoms with Gasteiger partial charge >= 0.3 is 0 Å². The van der Waals surface area contributed by atoms with Gasteiger partial charge in [-0.1, -0.05) is 30.3 Å². The van der Waals surface area contributed by atoms with E-state index in [0.29, 0.717) is 18.7 Å². The second-order valence-corrected chi connectivity index (χ2v) is 10.4. The molecule has 9 nitrogen and oxygen atoms in total. The van der Waals surface area contributed by atoms with Crippen molar-refractivity contribution in [3.05, 3.63) is 87.3 Å². The van der Waals surface area contributed by atoms with E-state index in [1.165, 1.54) is 34.6 Å². The van der Waals surface area contributed by atoms with Gasteiger partial charge in [0.25, 0.3) is 21.6 Å². The number of nitrogens with one attached hydrogen (secondary N) is 1. The second-order valence-electron chi connectivity index (χ2n) is 7.28. The molecule has 0 atom stereocenters. The minimum absolute atomic E-state index is 0.0230. The number of nitrogens with zero attached hydrogens (tertiary/aromatic N) is 3. The third kappa shape index (κ3) is 4.30. The summed E-state index contributed by atoms with van der Waals surface area (Å²) in [5.74, 6) is -0.793. The number of anilines is 2. The number of amides is 1. The number of carbonyl (C=O) groups excluding carboxylic acids is 1. The van der Waals surface area contributed by atoms with Gasteiger partial charge in [-0.15, -0.1) is 11.3 Å². The number of benzene rings is 2. The number of hydrogen-bond donors (Lipinski definition) is 1.